The summed E-state index contributed by atoms with van der Waals surface area (Å²) in [4.78, 5) is 0. The third-order valence-corrected chi connectivity index (χ3v) is 17.5. The first-order chi connectivity index (χ1) is 2.64. The zero-order valence-electron chi connectivity index (χ0n) is 2.97. The average molecular weight is 191 g/mol. The molecule has 0 aliphatic carbocycles. The van der Waals surface area contributed by atoms with Crippen LogP contribution in [0.1, 0.15) is 0 Å². The monoisotopic (exact) mass is 191 g/mol. The molecule has 0 aromatic heterocycles. The van der Waals surface area contributed by atoms with Crippen molar-refractivity contribution in [2.75, 3.05) is 0 Å². The van der Waals surface area contributed by atoms with Gasteiger partial charge in [0.2, 0.25) is 0 Å². The van der Waals surface area contributed by atoms with Crippen LogP contribution in [0.4, 0.5) is 0 Å². The molecular weight excluding hydrogens is 186 g/mol. The second-order valence-electron chi connectivity index (χ2n) is 0.656. The van der Waals surface area contributed by atoms with E-state index in [-0.39, 0.29) is 14.0 Å². The zero-order chi connectivity index (χ0) is 5.15. The van der Waals surface area contributed by atoms with Crippen LogP contribution >= 0.6 is 49.7 Å². The maximum atomic E-state index is 3.44. The van der Waals surface area contributed by atoms with Crippen molar-refractivity contribution in [2.45, 2.75) is 0 Å². The molecule has 0 fully saturated rings. The second kappa shape index (κ2) is 4.46. The van der Waals surface area contributed by atoms with E-state index in [9.17, 15) is 0 Å². The van der Waals surface area contributed by atoms with E-state index in [1.807, 2.05) is 0 Å². The summed E-state index contributed by atoms with van der Waals surface area (Å²) in [5.41, 5.74) is 0. The van der Waals surface area contributed by atoms with Gasteiger partial charge in [-0.1, -0.05) is 0 Å². The van der Waals surface area contributed by atoms with E-state index in [4.69, 9.17) is 0 Å². The van der Waals surface area contributed by atoms with Gasteiger partial charge in [0.1, 0.15) is 0 Å². The molecule has 2 unspecified atom stereocenters. The van der Waals surface area contributed by atoms with Crippen LogP contribution in [0, 0.1) is 0 Å². The van der Waals surface area contributed by atoms with Crippen LogP contribution in [-0.2, 0) is 0 Å². The molecule has 0 N–H and O–H groups in total. The number of hydrogen-bond acceptors (Lipinski definition) is 0. The molecule has 0 bridgehead atoms. The smallest absolute Gasteiger partial charge is 0.142 e. The molecule has 0 amide bonds. The van der Waals surface area contributed by atoms with Gasteiger partial charge in [0, 0.05) is 0 Å². The van der Waals surface area contributed by atoms with Gasteiger partial charge < -0.3 is 33.8 Å². The van der Waals surface area contributed by atoms with Crippen molar-refractivity contribution in [3.8, 4) is 0 Å². The van der Waals surface area contributed by atoms with E-state index in [2.05, 4.69) is 35.7 Å². The largest absolute Gasteiger partial charge is 0.555 e. The van der Waals surface area contributed by atoms with Crippen molar-refractivity contribution < 1.29 is 0 Å². The van der Waals surface area contributed by atoms with Crippen molar-refractivity contribution in [1.29, 1.82) is 0 Å². The second-order valence-corrected chi connectivity index (χ2v) is 17.7. The minimum absolute atomic E-state index is 0.0453. The minimum Gasteiger partial charge on any atom is -0.555 e. The molecule has 0 aliphatic heterocycles. The summed E-state index contributed by atoms with van der Waals surface area (Å²) in [6.07, 6.45) is 0. The lowest BCUT2D eigenvalue weighted by atomic mass is 29.0. The number of rotatable bonds is 1. The summed E-state index contributed by atoms with van der Waals surface area (Å²) in [6.45, 7) is -0.152. The first-order valence-electron chi connectivity index (χ1n) is 1.13. The van der Waals surface area contributed by atoms with E-state index >= 15 is 0 Å². The van der Waals surface area contributed by atoms with Gasteiger partial charge in [-0.3, -0.25) is 6.99 Å². The standard InChI is InChI=1S/H5P6/c1-5(2)6(3)4/h1-3H,4H2/q-3. The van der Waals surface area contributed by atoms with Crippen molar-refractivity contribution in [2.24, 2.45) is 0 Å². The summed E-state index contributed by atoms with van der Waals surface area (Å²) in [7, 11) is 13.0. The third kappa shape index (κ3) is 4.73. The van der Waals surface area contributed by atoms with Crippen LogP contribution < -0.4 is 0 Å². The molecule has 38 valence electrons. The molecule has 2 atom stereocenters. The quantitative estimate of drug-likeness (QED) is 0.552. The SMILES string of the molecule is [PH-]P([PH-])P([PH-])P. The molecule has 0 spiro atoms. The maximum Gasteiger partial charge on any atom is -0.142 e. The molecule has 6 heteroatoms. The van der Waals surface area contributed by atoms with Crippen molar-refractivity contribution >= 4 is 49.7 Å². The van der Waals surface area contributed by atoms with Crippen molar-refractivity contribution in [3.63, 3.8) is 0 Å². The molecule has 0 aromatic carbocycles. The summed E-state index contributed by atoms with van der Waals surface area (Å²) in [5, 5.41) is 0. The Labute approximate surface area is 50.2 Å². The fraction of sp³-hybridized carbons (Fsp3) is 0. The number of hydrogen-bond donors (Lipinski definition) is 0. The van der Waals surface area contributed by atoms with E-state index in [1.165, 1.54) is 0 Å². The topological polar surface area (TPSA) is 0 Å². The molecule has 0 aliphatic rings. The van der Waals surface area contributed by atoms with E-state index < -0.39 is 0 Å². The predicted octanol–water partition coefficient (Wildman–Crippen LogP) is 3.83. The van der Waals surface area contributed by atoms with Gasteiger partial charge >= 0.3 is 0 Å². The van der Waals surface area contributed by atoms with Gasteiger partial charge in [0.15, 0.2) is 0 Å². The van der Waals surface area contributed by atoms with Crippen LogP contribution in [0.15, 0.2) is 0 Å². The molecule has 0 aromatic rings. The van der Waals surface area contributed by atoms with Crippen LogP contribution in [0.3, 0.4) is 0 Å². The van der Waals surface area contributed by atoms with Gasteiger partial charge in [0.05, 0.1) is 0 Å². The Hall–Kier alpha value is 2.58. The summed E-state index contributed by atoms with van der Waals surface area (Å²) in [5.74, 6) is 0. The Morgan fingerprint density at radius 3 is 1.33 bits per heavy atom. The molecule has 0 saturated carbocycles. The van der Waals surface area contributed by atoms with Gasteiger partial charge in [0.25, 0.3) is 0 Å². The average Bonchev–Trinajstić information content (AvgIpc) is 1.36. The van der Waals surface area contributed by atoms with Crippen molar-refractivity contribution in [1.82, 2.24) is 0 Å². The Balaban J connectivity index is 2.99. The van der Waals surface area contributed by atoms with Crippen LogP contribution in [-0.4, -0.2) is 0 Å². The van der Waals surface area contributed by atoms with Crippen LogP contribution in [0.25, 0.3) is 0 Å². The van der Waals surface area contributed by atoms with Crippen LogP contribution in [0.2, 0.25) is 0 Å². The normalized spacial score (nSPS) is 15.5. The Morgan fingerprint density at radius 2 is 1.33 bits per heavy atom. The highest BCUT2D eigenvalue weighted by Gasteiger charge is 1.62. The summed E-state index contributed by atoms with van der Waals surface area (Å²) >= 11 is 0. The molecule has 0 saturated heterocycles. The highest BCUT2D eigenvalue weighted by molar-refractivity contribution is 8.92. The highest BCUT2D eigenvalue weighted by atomic mass is 33.0. The fourth-order valence-corrected chi connectivity index (χ4v) is 0. The lowest BCUT2D eigenvalue weighted by Crippen LogP contribution is -1.14. The maximum absolute atomic E-state index is 3.44. The first-order valence-corrected chi connectivity index (χ1v) is 10.2. The first kappa shape index (κ1) is 8.58. The molecule has 6 heavy (non-hydrogen) atoms. The summed E-state index contributed by atoms with van der Waals surface area (Å²) < 4.78 is 0. The lowest BCUT2D eigenvalue weighted by molar-refractivity contribution is 4.92. The molecule has 0 radical (unpaired) electrons. The Kier molecular flexibility index (Phi) is 6.38. The fourth-order valence-electron chi connectivity index (χ4n) is 0. The van der Waals surface area contributed by atoms with E-state index in [1.54, 1.807) is 0 Å². The minimum atomic E-state index is -0.107. The third-order valence-electron chi connectivity index (χ3n) is 0.215. The molecular formula is H5P6-3. The van der Waals surface area contributed by atoms with Crippen LogP contribution in [0.5, 0.6) is 0 Å². The summed E-state index contributed by atoms with van der Waals surface area (Å²) in [6, 6.07) is 0. The van der Waals surface area contributed by atoms with E-state index in [0.717, 1.165) is 0 Å². The Morgan fingerprint density at radius 1 is 1.17 bits per heavy atom. The van der Waals surface area contributed by atoms with E-state index in [0.29, 0.717) is 0 Å². The van der Waals surface area contributed by atoms with Crippen molar-refractivity contribution in [3.05, 3.63) is 0 Å². The zero-order valence-corrected chi connectivity index (χ0v) is 8.92. The van der Waals surface area contributed by atoms with Gasteiger partial charge in [-0.15, -0.1) is 8.93 Å². The van der Waals surface area contributed by atoms with Gasteiger partial charge in [-0.05, 0) is 0 Å². The lowest BCUT2D eigenvalue weighted by Gasteiger charge is -2.40. The molecule has 0 rings (SSSR count). The molecule has 0 nitrogen and oxygen atoms in total. The van der Waals surface area contributed by atoms with Gasteiger partial charge in [-0.25, -0.2) is 0 Å². The Bertz CT molecular complexity index is 21.0. The predicted molar refractivity (Wildman–Crippen MR) is 48.5 cm³/mol. The molecule has 0 heterocycles. The highest BCUT2D eigenvalue weighted by Crippen LogP contribution is 2.86. The van der Waals surface area contributed by atoms with Gasteiger partial charge in [-0.2, -0.15) is 0 Å².